The number of alkyl halides is 1. The number of hydrogen-bond acceptors (Lipinski definition) is 2. The Morgan fingerprint density at radius 3 is 3.12 bits per heavy atom. The summed E-state index contributed by atoms with van der Waals surface area (Å²) in [5.74, 6) is 0.721. The normalized spacial score (nSPS) is 23.9. The van der Waals surface area contributed by atoms with Crippen molar-refractivity contribution in [2.45, 2.75) is 38.6 Å². The molecule has 0 aromatic carbocycles. The topological polar surface area (TPSA) is 29.1 Å². The van der Waals surface area contributed by atoms with Gasteiger partial charge in [0.05, 0.1) is 4.88 Å². The predicted octanol–water partition coefficient (Wildman–Crippen LogP) is 3.60. The molecule has 0 aliphatic heterocycles. The first-order valence-electron chi connectivity index (χ1n) is 6.19. The second-order valence-corrected chi connectivity index (χ2v) is 6.12. The number of hydrogen-bond donors (Lipinski definition) is 1. The standard InChI is InChI=1S/C13H18BrNOS/c1-2-9-6-7-17-12(9)13(16)15-11-5-3-4-10(11)8-14/h6-7,10-11H,2-5,8H2,1H3,(H,15,16). The van der Waals surface area contributed by atoms with Gasteiger partial charge in [-0.2, -0.15) is 0 Å². The summed E-state index contributed by atoms with van der Waals surface area (Å²) < 4.78 is 0. The summed E-state index contributed by atoms with van der Waals surface area (Å²) in [7, 11) is 0. The molecule has 2 rings (SSSR count). The van der Waals surface area contributed by atoms with Crippen molar-refractivity contribution in [2.75, 3.05) is 5.33 Å². The van der Waals surface area contributed by atoms with Gasteiger partial charge in [-0.15, -0.1) is 11.3 Å². The van der Waals surface area contributed by atoms with Crippen LogP contribution in [0, 0.1) is 5.92 Å². The van der Waals surface area contributed by atoms with Gasteiger partial charge in [-0.25, -0.2) is 0 Å². The van der Waals surface area contributed by atoms with Crippen molar-refractivity contribution < 1.29 is 4.79 Å². The summed E-state index contributed by atoms with van der Waals surface area (Å²) >= 11 is 5.09. The SMILES string of the molecule is CCc1ccsc1C(=O)NC1CCCC1CBr. The predicted molar refractivity (Wildman–Crippen MR) is 76.1 cm³/mol. The lowest BCUT2D eigenvalue weighted by molar-refractivity contribution is 0.0933. The smallest absolute Gasteiger partial charge is 0.261 e. The van der Waals surface area contributed by atoms with E-state index in [1.54, 1.807) is 11.3 Å². The Morgan fingerprint density at radius 2 is 2.41 bits per heavy atom. The minimum Gasteiger partial charge on any atom is -0.348 e. The van der Waals surface area contributed by atoms with Gasteiger partial charge >= 0.3 is 0 Å². The van der Waals surface area contributed by atoms with Crippen LogP contribution in [0.25, 0.3) is 0 Å². The Hall–Kier alpha value is -0.350. The fourth-order valence-electron chi connectivity index (χ4n) is 2.46. The van der Waals surface area contributed by atoms with Crippen molar-refractivity contribution >= 4 is 33.2 Å². The van der Waals surface area contributed by atoms with Crippen molar-refractivity contribution in [3.05, 3.63) is 21.9 Å². The highest BCUT2D eigenvalue weighted by molar-refractivity contribution is 9.09. The molecule has 0 radical (unpaired) electrons. The lowest BCUT2D eigenvalue weighted by Gasteiger charge is -2.18. The van der Waals surface area contributed by atoms with E-state index in [1.807, 2.05) is 5.38 Å². The Morgan fingerprint density at radius 1 is 1.59 bits per heavy atom. The molecule has 2 unspecified atom stereocenters. The number of carbonyl (C=O) groups excluding carboxylic acids is 1. The number of aryl methyl sites for hydroxylation is 1. The molecule has 1 aliphatic carbocycles. The van der Waals surface area contributed by atoms with E-state index in [2.05, 4.69) is 34.2 Å². The van der Waals surface area contributed by atoms with Crippen LogP contribution < -0.4 is 5.32 Å². The van der Waals surface area contributed by atoms with Gasteiger partial charge in [-0.1, -0.05) is 29.3 Å². The number of thiophene rings is 1. The van der Waals surface area contributed by atoms with Crippen LogP contribution in [0.4, 0.5) is 0 Å². The molecule has 2 atom stereocenters. The fourth-order valence-corrected chi connectivity index (χ4v) is 4.13. The first kappa shape index (κ1) is 13.1. The zero-order valence-electron chi connectivity index (χ0n) is 10.0. The number of halogens is 1. The monoisotopic (exact) mass is 315 g/mol. The van der Waals surface area contributed by atoms with Crippen molar-refractivity contribution in [1.29, 1.82) is 0 Å². The summed E-state index contributed by atoms with van der Waals surface area (Å²) in [5.41, 5.74) is 1.17. The van der Waals surface area contributed by atoms with Crippen LogP contribution >= 0.6 is 27.3 Å². The lowest BCUT2D eigenvalue weighted by atomic mass is 10.1. The third-order valence-electron chi connectivity index (χ3n) is 3.51. The third-order valence-corrected chi connectivity index (χ3v) is 5.29. The molecular formula is C13H18BrNOS. The average Bonchev–Trinajstić information content (AvgIpc) is 2.96. The zero-order valence-corrected chi connectivity index (χ0v) is 12.4. The molecule has 1 heterocycles. The van der Waals surface area contributed by atoms with Gasteiger partial charge in [0.1, 0.15) is 0 Å². The highest BCUT2D eigenvalue weighted by Crippen LogP contribution is 2.28. The van der Waals surface area contributed by atoms with E-state index in [9.17, 15) is 4.79 Å². The van der Waals surface area contributed by atoms with Gasteiger partial charge in [0.2, 0.25) is 0 Å². The Bertz CT molecular complexity index is 391. The molecule has 0 spiro atoms. The number of carbonyl (C=O) groups is 1. The van der Waals surface area contributed by atoms with Crippen molar-refractivity contribution in [3.63, 3.8) is 0 Å². The van der Waals surface area contributed by atoms with Crippen molar-refractivity contribution in [3.8, 4) is 0 Å². The van der Waals surface area contributed by atoms with E-state index < -0.39 is 0 Å². The summed E-state index contributed by atoms with van der Waals surface area (Å²) in [6, 6.07) is 2.41. The molecule has 0 bridgehead atoms. The maximum Gasteiger partial charge on any atom is 0.261 e. The Labute approximate surface area is 115 Å². The second-order valence-electron chi connectivity index (χ2n) is 4.55. The molecule has 4 heteroatoms. The quantitative estimate of drug-likeness (QED) is 0.845. The van der Waals surface area contributed by atoms with Crippen LogP contribution in [0.3, 0.4) is 0 Å². The molecule has 1 aromatic heterocycles. The van der Waals surface area contributed by atoms with Crippen LogP contribution in [0.1, 0.15) is 41.4 Å². The molecule has 2 nitrogen and oxygen atoms in total. The summed E-state index contributed by atoms with van der Waals surface area (Å²) in [5, 5.41) is 6.19. The molecule has 1 N–H and O–H groups in total. The van der Waals surface area contributed by atoms with Crippen molar-refractivity contribution in [2.24, 2.45) is 5.92 Å². The van der Waals surface area contributed by atoms with E-state index in [0.717, 1.165) is 23.0 Å². The fraction of sp³-hybridized carbons (Fsp3) is 0.615. The Kier molecular flexibility index (Phi) is 4.62. The number of amides is 1. The van der Waals surface area contributed by atoms with Gasteiger partial charge in [0.15, 0.2) is 0 Å². The molecule has 0 saturated heterocycles. The van der Waals surface area contributed by atoms with Crippen LogP contribution in [-0.4, -0.2) is 17.3 Å². The van der Waals surface area contributed by atoms with Crippen LogP contribution in [0.15, 0.2) is 11.4 Å². The minimum absolute atomic E-state index is 0.120. The molecule has 1 saturated carbocycles. The van der Waals surface area contributed by atoms with Crippen LogP contribution in [0.2, 0.25) is 0 Å². The summed E-state index contributed by atoms with van der Waals surface area (Å²) in [6.07, 6.45) is 4.50. The molecule has 17 heavy (non-hydrogen) atoms. The number of rotatable bonds is 4. The Balaban J connectivity index is 2.01. The van der Waals surface area contributed by atoms with Gasteiger partial charge < -0.3 is 5.32 Å². The lowest BCUT2D eigenvalue weighted by Crippen LogP contribution is -2.37. The molecule has 1 aromatic rings. The van der Waals surface area contributed by atoms with Gasteiger partial charge in [-0.05, 0) is 42.2 Å². The van der Waals surface area contributed by atoms with Gasteiger partial charge in [-0.3, -0.25) is 4.79 Å². The van der Waals surface area contributed by atoms with E-state index in [-0.39, 0.29) is 5.91 Å². The van der Waals surface area contributed by atoms with Gasteiger partial charge in [0.25, 0.3) is 5.91 Å². The minimum atomic E-state index is 0.120. The van der Waals surface area contributed by atoms with Crippen LogP contribution in [-0.2, 0) is 6.42 Å². The summed E-state index contributed by atoms with van der Waals surface area (Å²) in [6.45, 7) is 2.09. The highest BCUT2D eigenvalue weighted by Gasteiger charge is 2.28. The maximum absolute atomic E-state index is 12.2. The summed E-state index contributed by atoms with van der Waals surface area (Å²) in [4.78, 5) is 13.1. The molecule has 94 valence electrons. The zero-order chi connectivity index (χ0) is 12.3. The molecule has 1 fully saturated rings. The van der Waals surface area contributed by atoms with E-state index in [4.69, 9.17) is 0 Å². The largest absolute Gasteiger partial charge is 0.348 e. The first-order chi connectivity index (χ1) is 8.26. The third kappa shape index (κ3) is 2.91. The van der Waals surface area contributed by atoms with E-state index in [1.165, 1.54) is 18.4 Å². The van der Waals surface area contributed by atoms with Crippen LogP contribution in [0.5, 0.6) is 0 Å². The van der Waals surface area contributed by atoms with Crippen molar-refractivity contribution in [1.82, 2.24) is 5.32 Å². The average molecular weight is 316 g/mol. The molecule has 1 amide bonds. The van der Waals surface area contributed by atoms with E-state index >= 15 is 0 Å². The highest BCUT2D eigenvalue weighted by atomic mass is 79.9. The second kappa shape index (κ2) is 6.01. The maximum atomic E-state index is 12.2. The molecule has 1 aliphatic rings. The van der Waals surface area contributed by atoms with E-state index in [0.29, 0.717) is 12.0 Å². The molecular weight excluding hydrogens is 298 g/mol. The first-order valence-corrected chi connectivity index (χ1v) is 8.19. The van der Waals surface area contributed by atoms with Gasteiger partial charge in [0, 0.05) is 11.4 Å². The number of nitrogens with one attached hydrogen (secondary N) is 1.